The Balaban J connectivity index is 2.09. The summed E-state index contributed by atoms with van der Waals surface area (Å²) < 4.78 is 0. The highest BCUT2D eigenvalue weighted by Gasteiger charge is 2.43. The zero-order chi connectivity index (χ0) is 11.8. The molecule has 1 saturated heterocycles. The highest BCUT2D eigenvalue weighted by Crippen LogP contribution is 2.40. The molecule has 1 aliphatic heterocycles. The third-order valence-electron chi connectivity index (χ3n) is 3.59. The van der Waals surface area contributed by atoms with E-state index in [0.29, 0.717) is 12.8 Å². The molecule has 0 amide bonds. The molecule has 16 heavy (non-hydrogen) atoms. The summed E-state index contributed by atoms with van der Waals surface area (Å²) in [6.07, 6.45) is 4.63. The Morgan fingerprint density at radius 1 is 1.12 bits per heavy atom. The molecule has 1 unspecified atom stereocenters. The minimum absolute atomic E-state index is 0.107. The number of hydrogen-bond donors (Lipinski definition) is 0. The lowest BCUT2D eigenvalue weighted by atomic mass is 9.70. The van der Waals surface area contributed by atoms with E-state index in [2.05, 4.69) is 0 Å². The van der Waals surface area contributed by atoms with Crippen molar-refractivity contribution in [1.29, 1.82) is 0 Å². The quantitative estimate of drug-likeness (QED) is 0.661. The summed E-state index contributed by atoms with van der Waals surface area (Å²) in [4.78, 5) is 24.2. The van der Waals surface area contributed by atoms with E-state index in [1.165, 1.54) is 12.8 Å². The molecule has 0 radical (unpaired) electrons. The Morgan fingerprint density at radius 2 is 1.75 bits per heavy atom. The number of hydrogen-bond acceptors (Lipinski definition) is 3. The molecule has 0 N–H and O–H groups in total. The van der Waals surface area contributed by atoms with Gasteiger partial charge in [-0.25, -0.2) is 0 Å². The Kier molecular flexibility index (Phi) is 3.43. The van der Waals surface area contributed by atoms with E-state index in [1.807, 2.05) is 25.6 Å². The monoisotopic (exact) mass is 240 g/mol. The zero-order valence-corrected chi connectivity index (χ0v) is 10.9. The second-order valence-corrected chi connectivity index (χ2v) is 7.18. The van der Waals surface area contributed by atoms with Crippen molar-refractivity contribution in [3.63, 3.8) is 0 Å². The lowest BCUT2D eigenvalue weighted by Crippen LogP contribution is -2.43. The lowest BCUT2D eigenvalue weighted by Gasteiger charge is -2.36. The minimum Gasteiger partial charge on any atom is -0.299 e. The van der Waals surface area contributed by atoms with Crippen molar-refractivity contribution in [1.82, 2.24) is 0 Å². The minimum atomic E-state index is -0.279. The van der Waals surface area contributed by atoms with Crippen molar-refractivity contribution in [2.24, 2.45) is 11.3 Å². The van der Waals surface area contributed by atoms with Gasteiger partial charge in [-0.2, -0.15) is 11.8 Å². The highest BCUT2D eigenvalue weighted by atomic mass is 32.2. The van der Waals surface area contributed by atoms with Gasteiger partial charge in [0.1, 0.15) is 11.6 Å². The molecule has 1 atom stereocenters. The lowest BCUT2D eigenvalue weighted by molar-refractivity contribution is -0.139. The SMILES string of the molecule is CC1(C)CC(=O)C(C2CCCCS2)C(=O)C1. The maximum absolute atomic E-state index is 12.1. The van der Waals surface area contributed by atoms with Gasteiger partial charge < -0.3 is 0 Å². The molecule has 0 aromatic heterocycles. The summed E-state index contributed by atoms with van der Waals surface area (Å²) in [5, 5.41) is 0.282. The summed E-state index contributed by atoms with van der Waals surface area (Å²) in [6.45, 7) is 4.04. The predicted octanol–water partition coefficient (Wildman–Crippen LogP) is 2.85. The molecule has 2 rings (SSSR count). The first-order chi connectivity index (χ1) is 7.49. The first-order valence-electron chi connectivity index (χ1n) is 6.17. The van der Waals surface area contributed by atoms with Gasteiger partial charge >= 0.3 is 0 Å². The molecule has 0 aromatic rings. The standard InChI is InChI=1S/C13H20O2S/c1-13(2)7-9(14)12(10(15)8-13)11-5-3-4-6-16-11/h11-12H,3-8H2,1-2H3. The van der Waals surface area contributed by atoms with Crippen molar-refractivity contribution < 1.29 is 9.59 Å². The topological polar surface area (TPSA) is 34.1 Å². The van der Waals surface area contributed by atoms with Crippen LogP contribution in [0.2, 0.25) is 0 Å². The predicted molar refractivity (Wildman–Crippen MR) is 66.6 cm³/mol. The fraction of sp³-hybridized carbons (Fsp3) is 0.846. The van der Waals surface area contributed by atoms with Crippen LogP contribution in [0, 0.1) is 11.3 Å². The maximum Gasteiger partial charge on any atom is 0.145 e. The molecular formula is C13H20O2S. The molecule has 3 heteroatoms. The fourth-order valence-electron chi connectivity index (χ4n) is 2.85. The van der Waals surface area contributed by atoms with Crippen molar-refractivity contribution in [3.8, 4) is 0 Å². The highest BCUT2D eigenvalue weighted by molar-refractivity contribution is 8.00. The number of ketones is 2. The summed E-state index contributed by atoms with van der Waals surface area (Å²) in [6, 6.07) is 0. The first kappa shape index (κ1) is 12.2. The number of rotatable bonds is 1. The van der Waals surface area contributed by atoms with Crippen LogP contribution in [0.3, 0.4) is 0 Å². The van der Waals surface area contributed by atoms with Crippen LogP contribution in [0.15, 0.2) is 0 Å². The van der Waals surface area contributed by atoms with E-state index >= 15 is 0 Å². The van der Waals surface area contributed by atoms with Crippen LogP contribution in [0.25, 0.3) is 0 Å². The molecular weight excluding hydrogens is 220 g/mol. The van der Waals surface area contributed by atoms with Gasteiger partial charge in [0.25, 0.3) is 0 Å². The molecule has 0 bridgehead atoms. The summed E-state index contributed by atoms with van der Waals surface area (Å²) in [7, 11) is 0. The number of Topliss-reactive ketones (excluding diaryl/α,β-unsaturated/α-hetero) is 2. The van der Waals surface area contributed by atoms with E-state index in [9.17, 15) is 9.59 Å². The summed E-state index contributed by atoms with van der Waals surface area (Å²) >= 11 is 1.84. The molecule has 2 fully saturated rings. The number of carbonyl (C=O) groups is 2. The molecule has 1 saturated carbocycles. The second-order valence-electron chi connectivity index (χ2n) is 5.83. The van der Waals surface area contributed by atoms with Gasteiger partial charge in [0.15, 0.2) is 0 Å². The van der Waals surface area contributed by atoms with Crippen LogP contribution >= 0.6 is 11.8 Å². The van der Waals surface area contributed by atoms with Gasteiger partial charge in [-0.3, -0.25) is 9.59 Å². The van der Waals surface area contributed by atoms with Gasteiger partial charge in [-0.1, -0.05) is 20.3 Å². The first-order valence-corrected chi connectivity index (χ1v) is 7.21. The normalized spacial score (nSPS) is 31.8. The third kappa shape index (κ3) is 2.50. The third-order valence-corrected chi connectivity index (χ3v) is 5.05. The van der Waals surface area contributed by atoms with Gasteiger partial charge in [-0.15, -0.1) is 0 Å². The Morgan fingerprint density at radius 3 is 2.25 bits per heavy atom. The van der Waals surface area contributed by atoms with Gasteiger partial charge in [0, 0.05) is 18.1 Å². The molecule has 0 aromatic carbocycles. The molecule has 1 aliphatic carbocycles. The van der Waals surface area contributed by atoms with E-state index < -0.39 is 0 Å². The van der Waals surface area contributed by atoms with Crippen molar-refractivity contribution in [2.75, 3.05) is 5.75 Å². The average molecular weight is 240 g/mol. The summed E-state index contributed by atoms with van der Waals surface area (Å²) in [5.74, 6) is 1.23. The molecule has 2 aliphatic rings. The van der Waals surface area contributed by atoms with E-state index in [4.69, 9.17) is 0 Å². The van der Waals surface area contributed by atoms with Crippen LogP contribution in [0.5, 0.6) is 0 Å². The smallest absolute Gasteiger partial charge is 0.145 e. The summed E-state index contributed by atoms with van der Waals surface area (Å²) in [5.41, 5.74) is -0.107. The van der Waals surface area contributed by atoms with E-state index in [0.717, 1.165) is 12.2 Å². The number of carbonyl (C=O) groups excluding carboxylic acids is 2. The van der Waals surface area contributed by atoms with Crippen LogP contribution in [0.1, 0.15) is 46.0 Å². The van der Waals surface area contributed by atoms with Gasteiger partial charge in [0.05, 0.1) is 5.92 Å². The second kappa shape index (κ2) is 4.52. The van der Waals surface area contributed by atoms with Crippen LogP contribution < -0.4 is 0 Å². The Bertz CT molecular complexity index is 283. The zero-order valence-electron chi connectivity index (χ0n) is 10.1. The Hall–Kier alpha value is -0.310. The van der Waals surface area contributed by atoms with Gasteiger partial charge in [-0.05, 0) is 24.0 Å². The number of thioether (sulfide) groups is 1. The largest absolute Gasteiger partial charge is 0.299 e. The average Bonchev–Trinajstić information content (AvgIpc) is 2.16. The molecule has 2 nitrogen and oxygen atoms in total. The van der Waals surface area contributed by atoms with Gasteiger partial charge in [0.2, 0.25) is 0 Å². The van der Waals surface area contributed by atoms with Crippen molar-refractivity contribution in [2.45, 2.75) is 51.2 Å². The van der Waals surface area contributed by atoms with Crippen LogP contribution in [0.4, 0.5) is 0 Å². The van der Waals surface area contributed by atoms with E-state index in [1.54, 1.807) is 0 Å². The Labute approximate surface area is 102 Å². The molecule has 90 valence electrons. The van der Waals surface area contributed by atoms with E-state index in [-0.39, 0.29) is 28.1 Å². The van der Waals surface area contributed by atoms with Crippen molar-refractivity contribution >= 4 is 23.3 Å². The van der Waals surface area contributed by atoms with Crippen LogP contribution in [-0.4, -0.2) is 22.6 Å². The molecule has 1 heterocycles. The van der Waals surface area contributed by atoms with Crippen molar-refractivity contribution in [3.05, 3.63) is 0 Å². The molecule has 0 spiro atoms. The fourth-order valence-corrected chi connectivity index (χ4v) is 4.35. The maximum atomic E-state index is 12.1. The van der Waals surface area contributed by atoms with Crippen LogP contribution in [-0.2, 0) is 9.59 Å².